The van der Waals surface area contributed by atoms with Crippen molar-refractivity contribution in [2.45, 2.75) is 13.5 Å². The average Bonchev–Trinajstić information content (AvgIpc) is 3.24. The predicted octanol–water partition coefficient (Wildman–Crippen LogP) is 6.08. The molecular weight excluding hydrogens is 393 g/mol. The highest BCUT2D eigenvalue weighted by Gasteiger charge is 2.21. The highest BCUT2D eigenvalue weighted by atomic mass is 32.1. The van der Waals surface area contributed by atoms with Gasteiger partial charge in [0.25, 0.3) is 0 Å². The van der Waals surface area contributed by atoms with E-state index < -0.39 is 0 Å². The molecule has 0 fully saturated rings. The van der Waals surface area contributed by atoms with Gasteiger partial charge in [-0.2, -0.15) is 0 Å². The first-order valence-corrected chi connectivity index (χ1v) is 10.7. The minimum Gasteiger partial charge on any atom is -0.362 e. The molecule has 2 aromatic heterocycles. The number of rotatable bonds is 4. The molecule has 0 spiro atoms. The third kappa shape index (κ3) is 3.53. The Morgan fingerprint density at radius 2 is 2.00 bits per heavy atom. The van der Waals surface area contributed by atoms with Crippen molar-refractivity contribution in [2.24, 2.45) is 0 Å². The van der Waals surface area contributed by atoms with E-state index in [1.165, 1.54) is 0 Å². The van der Waals surface area contributed by atoms with E-state index in [1.54, 1.807) is 23.6 Å². The lowest BCUT2D eigenvalue weighted by atomic mass is 9.94. The van der Waals surface area contributed by atoms with Gasteiger partial charge in [-0.25, -0.2) is 9.37 Å². The van der Waals surface area contributed by atoms with Crippen molar-refractivity contribution in [3.8, 4) is 0 Å². The van der Waals surface area contributed by atoms with Crippen LogP contribution in [0.1, 0.15) is 22.3 Å². The number of halogens is 1. The Hall–Kier alpha value is -3.31. The molecule has 5 heteroatoms. The van der Waals surface area contributed by atoms with Crippen molar-refractivity contribution < 1.29 is 4.39 Å². The Labute approximate surface area is 178 Å². The van der Waals surface area contributed by atoms with Crippen molar-refractivity contribution in [3.05, 3.63) is 107 Å². The molecule has 1 aliphatic heterocycles. The fourth-order valence-electron chi connectivity index (χ4n) is 3.88. The van der Waals surface area contributed by atoms with E-state index in [9.17, 15) is 4.39 Å². The fourth-order valence-corrected chi connectivity index (χ4v) is 4.60. The van der Waals surface area contributed by atoms with Crippen LogP contribution in [0.15, 0.2) is 78.6 Å². The molecule has 0 radical (unpaired) electrons. The van der Waals surface area contributed by atoms with Gasteiger partial charge in [0, 0.05) is 31.1 Å². The zero-order valence-corrected chi connectivity index (χ0v) is 17.4. The first kappa shape index (κ1) is 18.7. The molecule has 4 aromatic rings. The summed E-state index contributed by atoms with van der Waals surface area (Å²) < 4.78 is 15.2. The average molecular weight is 414 g/mol. The normalized spacial score (nSPS) is 14.0. The Morgan fingerprint density at radius 1 is 1.10 bits per heavy atom. The molecule has 0 atom stereocenters. The summed E-state index contributed by atoms with van der Waals surface area (Å²) in [5.41, 5.74) is 9.06. The van der Waals surface area contributed by atoms with Gasteiger partial charge in [-0.15, -0.1) is 11.3 Å². The number of benzene rings is 2. The van der Waals surface area contributed by atoms with Crippen LogP contribution in [0.25, 0.3) is 21.5 Å². The van der Waals surface area contributed by atoms with E-state index in [4.69, 9.17) is 0 Å². The second kappa shape index (κ2) is 7.84. The smallest absolute Gasteiger partial charge is 0.126 e. The number of hydrogen-bond donors (Lipinski definition) is 0. The molecule has 3 heterocycles. The third-order valence-corrected chi connectivity index (χ3v) is 6.14. The summed E-state index contributed by atoms with van der Waals surface area (Å²) in [5.74, 6) is -0.183. The Bertz CT molecular complexity index is 1270. The van der Waals surface area contributed by atoms with Gasteiger partial charge in [-0.1, -0.05) is 24.3 Å². The number of hydrogen-bond acceptors (Lipinski definition) is 4. The Kier molecular flexibility index (Phi) is 4.89. The van der Waals surface area contributed by atoms with Gasteiger partial charge in [0.2, 0.25) is 0 Å². The molecule has 5 rings (SSSR count). The topological polar surface area (TPSA) is 29.0 Å². The maximum absolute atomic E-state index is 14.0. The number of fused-ring (bicyclic) bond motifs is 1. The van der Waals surface area contributed by atoms with Gasteiger partial charge in [-0.05, 0) is 65.6 Å². The van der Waals surface area contributed by atoms with Crippen LogP contribution >= 0.6 is 11.3 Å². The van der Waals surface area contributed by atoms with Gasteiger partial charge in [0.05, 0.1) is 21.4 Å². The van der Waals surface area contributed by atoms with E-state index in [2.05, 4.69) is 51.3 Å². The molecule has 0 saturated carbocycles. The van der Waals surface area contributed by atoms with Gasteiger partial charge >= 0.3 is 0 Å². The molecule has 1 aliphatic rings. The quantitative estimate of drug-likeness (QED) is 0.406. The van der Waals surface area contributed by atoms with Crippen LogP contribution in [0.3, 0.4) is 0 Å². The van der Waals surface area contributed by atoms with Crippen molar-refractivity contribution in [1.82, 2.24) is 14.9 Å². The molecule has 30 heavy (non-hydrogen) atoms. The van der Waals surface area contributed by atoms with Crippen LogP contribution in [0, 0.1) is 12.7 Å². The lowest BCUT2D eigenvalue weighted by Crippen LogP contribution is -2.25. The van der Waals surface area contributed by atoms with E-state index in [0.29, 0.717) is 5.56 Å². The van der Waals surface area contributed by atoms with Gasteiger partial charge in [-0.3, -0.25) is 4.98 Å². The monoisotopic (exact) mass is 413 g/mol. The molecule has 2 aromatic carbocycles. The number of thiazole rings is 1. The minimum atomic E-state index is -0.183. The standard InChI is InChI=1S/C25H20FN3S/c1-17-12-20(6-8-22(17)26)25-21(19-7-9-23-24(13-19)30-16-28-23)5-3-11-29(25)15-18-4-2-10-27-14-18/h2-10,12-14,16H,11,15H2,1H3. The molecule has 3 nitrogen and oxygen atoms in total. The van der Waals surface area contributed by atoms with Crippen LogP contribution in [-0.4, -0.2) is 21.4 Å². The number of pyridine rings is 1. The van der Waals surface area contributed by atoms with Crippen molar-refractivity contribution in [3.63, 3.8) is 0 Å². The number of allylic oxidation sites excluding steroid dienone is 2. The first-order valence-electron chi connectivity index (χ1n) is 9.84. The lowest BCUT2D eigenvalue weighted by Gasteiger charge is -2.32. The molecule has 148 valence electrons. The Balaban J connectivity index is 1.68. The van der Waals surface area contributed by atoms with Crippen molar-refractivity contribution in [2.75, 3.05) is 6.54 Å². The molecule has 0 saturated heterocycles. The van der Waals surface area contributed by atoms with E-state index in [1.807, 2.05) is 36.8 Å². The largest absolute Gasteiger partial charge is 0.362 e. The van der Waals surface area contributed by atoms with Crippen LogP contribution in [-0.2, 0) is 6.54 Å². The summed E-state index contributed by atoms with van der Waals surface area (Å²) in [6.45, 7) is 3.33. The molecule has 0 bridgehead atoms. The van der Waals surface area contributed by atoms with Crippen LogP contribution in [0.2, 0.25) is 0 Å². The molecule has 0 aliphatic carbocycles. The summed E-state index contributed by atoms with van der Waals surface area (Å²) in [6, 6.07) is 15.8. The summed E-state index contributed by atoms with van der Waals surface area (Å²) in [5, 5.41) is 0. The number of aromatic nitrogens is 2. The van der Waals surface area contributed by atoms with Crippen molar-refractivity contribution in [1.29, 1.82) is 0 Å². The highest BCUT2D eigenvalue weighted by molar-refractivity contribution is 7.16. The Morgan fingerprint density at radius 3 is 2.83 bits per heavy atom. The summed E-state index contributed by atoms with van der Waals surface area (Å²) in [7, 11) is 0. The van der Waals surface area contributed by atoms with E-state index >= 15 is 0 Å². The number of aryl methyl sites for hydroxylation is 1. The summed E-state index contributed by atoms with van der Waals surface area (Å²) in [4.78, 5) is 11.0. The predicted molar refractivity (Wildman–Crippen MR) is 121 cm³/mol. The highest BCUT2D eigenvalue weighted by Crippen LogP contribution is 2.36. The number of nitrogens with zero attached hydrogens (tertiary/aromatic N) is 3. The van der Waals surface area contributed by atoms with Crippen molar-refractivity contribution >= 4 is 32.8 Å². The van der Waals surface area contributed by atoms with Crippen LogP contribution in [0.4, 0.5) is 4.39 Å². The zero-order valence-electron chi connectivity index (χ0n) is 16.5. The van der Waals surface area contributed by atoms with E-state index in [-0.39, 0.29) is 5.82 Å². The summed E-state index contributed by atoms with van der Waals surface area (Å²) >= 11 is 1.64. The van der Waals surface area contributed by atoms with E-state index in [0.717, 1.165) is 51.3 Å². The molecule has 0 amide bonds. The minimum absolute atomic E-state index is 0.183. The summed E-state index contributed by atoms with van der Waals surface area (Å²) in [6.07, 6.45) is 8.04. The van der Waals surface area contributed by atoms with Gasteiger partial charge in [0.15, 0.2) is 0 Å². The van der Waals surface area contributed by atoms with Crippen LogP contribution < -0.4 is 0 Å². The maximum Gasteiger partial charge on any atom is 0.126 e. The molecule has 0 N–H and O–H groups in total. The third-order valence-electron chi connectivity index (χ3n) is 5.35. The maximum atomic E-state index is 14.0. The SMILES string of the molecule is Cc1cc(C2=C(c3ccc4ncsc4c3)C=CCN2Cc2cccnc2)ccc1F. The molecule has 0 unspecified atom stereocenters. The second-order valence-electron chi connectivity index (χ2n) is 7.41. The van der Waals surface area contributed by atoms with Gasteiger partial charge < -0.3 is 4.90 Å². The van der Waals surface area contributed by atoms with Gasteiger partial charge in [0.1, 0.15) is 5.82 Å². The van der Waals surface area contributed by atoms with Crippen LogP contribution in [0.5, 0.6) is 0 Å². The lowest BCUT2D eigenvalue weighted by molar-refractivity contribution is 0.429. The zero-order chi connectivity index (χ0) is 20.5. The molecular formula is C25H20FN3S. The second-order valence-corrected chi connectivity index (χ2v) is 8.29. The first-order chi connectivity index (χ1) is 14.7. The fraction of sp³-hybridized carbons (Fsp3) is 0.120.